The van der Waals surface area contributed by atoms with E-state index in [4.69, 9.17) is 22.7 Å². The largest absolute Gasteiger partial charge is 0.457 e. The monoisotopic (exact) mass is 363 g/mol. The fraction of sp³-hybridized carbons (Fsp3) is 0.235. The molecule has 0 saturated carbocycles. The molecular weight excluding hydrogens is 346 g/mol. The minimum atomic E-state index is 0.123. The van der Waals surface area contributed by atoms with Crippen molar-refractivity contribution in [2.45, 2.75) is 26.2 Å². The molecule has 0 aromatic heterocycles. The van der Waals surface area contributed by atoms with Gasteiger partial charge in [-0.05, 0) is 41.3 Å². The van der Waals surface area contributed by atoms with E-state index in [2.05, 4.69) is 48.8 Å². The van der Waals surface area contributed by atoms with Crippen molar-refractivity contribution in [2.75, 3.05) is 0 Å². The molecule has 2 aromatic rings. The maximum Gasteiger partial charge on any atom is 0.138 e. The molecule has 0 fully saturated rings. The number of thiocarbonyl (C=S) groups is 1. The first-order chi connectivity index (χ1) is 9.77. The average Bonchev–Trinajstić information content (AvgIpc) is 2.38. The zero-order valence-corrected chi connectivity index (χ0v) is 14.7. The van der Waals surface area contributed by atoms with Gasteiger partial charge in [0.25, 0.3) is 0 Å². The lowest BCUT2D eigenvalue weighted by Gasteiger charge is -2.19. The van der Waals surface area contributed by atoms with Crippen molar-refractivity contribution < 1.29 is 4.74 Å². The van der Waals surface area contributed by atoms with Gasteiger partial charge in [-0.2, -0.15) is 0 Å². The Morgan fingerprint density at radius 2 is 1.71 bits per heavy atom. The third kappa shape index (κ3) is 4.05. The molecule has 2 aromatic carbocycles. The molecule has 0 radical (unpaired) electrons. The van der Waals surface area contributed by atoms with E-state index in [1.54, 1.807) is 0 Å². The van der Waals surface area contributed by atoms with Gasteiger partial charge in [0.05, 0.1) is 5.56 Å². The van der Waals surface area contributed by atoms with Crippen LogP contribution in [0.3, 0.4) is 0 Å². The summed E-state index contributed by atoms with van der Waals surface area (Å²) in [6.45, 7) is 6.55. The minimum Gasteiger partial charge on any atom is -0.457 e. The molecule has 0 aliphatic heterocycles. The summed E-state index contributed by atoms with van der Waals surface area (Å²) in [6.07, 6.45) is 0. The summed E-state index contributed by atoms with van der Waals surface area (Å²) in [7, 11) is 0. The third-order valence-electron chi connectivity index (χ3n) is 3.16. The quantitative estimate of drug-likeness (QED) is 0.763. The Balaban J connectivity index is 2.30. The molecule has 0 spiro atoms. The van der Waals surface area contributed by atoms with Crippen molar-refractivity contribution in [3.63, 3.8) is 0 Å². The molecule has 0 aliphatic rings. The molecule has 21 heavy (non-hydrogen) atoms. The molecule has 110 valence electrons. The Bertz CT molecular complexity index is 659. The van der Waals surface area contributed by atoms with Crippen molar-refractivity contribution in [3.05, 3.63) is 58.1 Å². The van der Waals surface area contributed by atoms with Crippen LogP contribution in [-0.2, 0) is 5.41 Å². The van der Waals surface area contributed by atoms with Crippen LogP contribution in [0.1, 0.15) is 31.9 Å². The van der Waals surface area contributed by atoms with E-state index < -0.39 is 0 Å². The number of halogens is 1. The molecule has 0 heterocycles. The Labute approximate surface area is 139 Å². The smallest absolute Gasteiger partial charge is 0.138 e. The number of ether oxygens (including phenoxy) is 1. The standard InChI is InChI=1S/C17H18BrNOS/c1-17(2,3)11-4-7-13(8-5-11)20-15-10-12(18)6-9-14(15)16(19)21/h4-10H,1-3H3,(H2,19,21). The minimum absolute atomic E-state index is 0.123. The van der Waals surface area contributed by atoms with Crippen LogP contribution < -0.4 is 10.5 Å². The van der Waals surface area contributed by atoms with Crippen LogP contribution in [0, 0.1) is 0 Å². The number of rotatable bonds is 3. The molecule has 0 aliphatic carbocycles. The number of hydrogen-bond donors (Lipinski definition) is 1. The van der Waals surface area contributed by atoms with Gasteiger partial charge >= 0.3 is 0 Å². The highest BCUT2D eigenvalue weighted by atomic mass is 79.9. The Hall–Kier alpha value is -1.39. The number of hydrogen-bond acceptors (Lipinski definition) is 2. The van der Waals surface area contributed by atoms with Gasteiger partial charge in [0.2, 0.25) is 0 Å². The Morgan fingerprint density at radius 1 is 1.10 bits per heavy atom. The SMILES string of the molecule is CC(C)(C)c1ccc(Oc2cc(Br)ccc2C(N)=S)cc1. The van der Waals surface area contributed by atoms with Crippen molar-refractivity contribution in [2.24, 2.45) is 5.73 Å². The van der Waals surface area contributed by atoms with Gasteiger partial charge in [-0.15, -0.1) is 0 Å². The van der Waals surface area contributed by atoms with Crippen molar-refractivity contribution in [1.82, 2.24) is 0 Å². The molecule has 0 saturated heterocycles. The summed E-state index contributed by atoms with van der Waals surface area (Å²) >= 11 is 8.49. The Morgan fingerprint density at radius 3 is 2.24 bits per heavy atom. The van der Waals surface area contributed by atoms with Crippen molar-refractivity contribution >= 4 is 33.1 Å². The second-order valence-corrected chi connectivity index (χ2v) is 7.24. The highest BCUT2D eigenvalue weighted by molar-refractivity contribution is 9.10. The molecular formula is C17H18BrNOS. The highest BCUT2D eigenvalue weighted by Crippen LogP contribution is 2.30. The molecule has 2 N–H and O–H groups in total. The van der Waals surface area contributed by atoms with Gasteiger partial charge in [-0.1, -0.05) is 61.1 Å². The van der Waals surface area contributed by atoms with E-state index in [9.17, 15) is 0 Å². The van der Waals surface area contributed by atoms with Gasteiger partial charge < -0.3 is 10.5 Å². The lowest BCUT2D eigenvalue weighted by Crippen LogP contribution is -2.11. The van der Waals surface area contributed by atoms with Crippen molar-refractivity contribution in [1.29, 1.82) is 0 Å². The molecule has 0 atom stereocenters. The number of benzene rings is 2. The molecule has 2 nitrogen and oxygen atoms in total. The summed E-state index contributed by atoms with van der Waals surface area (Å²) in [5.74, 6) is 1.42. The normalized spacial score (nSPS) is 11.2. The Kier molecular flexibility index (Phi) is 4.69. The van der Waals surface area contributed by atoms with E-state index in [0.717, 1.165) is 15.8 Å². The van der Waals surface area contributed by atoms with E-state index in [-0.39, 0.29) is 5.41 Å². The van der Waals surface area contributed by atoms with Gasteiger partial charge in [0.15, 0.2) is 0 Å². The summed E-state index contributed by atoms with van der Waals surface area (Å²) in [5.41, 5.74) is 7.85. The highest BCUT2D eigenvalue weighted by Gasteiger charge is 2.14. The van der Waals surface area contributed by atoms with Crippen LogP contribution in [0.4, 0.5) is 0 Å². The van der Waals surface area contributed by atoms with E-state index in [1.807, 2.05) is 30.3 Å². The second kappa shape index (κ2) is 6.16. The van der Waals surface area contributed by atoms with Gasteiger partial charge in [0, 0.05) is 4.47 Å². The first-order valence-corrected chi connectivity index (χ1v) is 7.85. The fourth-order valence-electron chi connectivity index (χ4n) is 1.93. The zero-order chi connectivity index (χ0) is 15.6. The van der Waals surface area contributed by atoms with E-state index >= 15 is 0 Å². The predicted octanol–water partition coefficient (Wildman–Crippen LogP) is 5.17. The topological polar surface area (TPSA) is 35.2 Å². The van der Waals surface area contributed by atoms with Crippen LogP contribution in [0.25, 0.3) is 0 Å². The zero-order valence-electron chi connectivity index (χ0n) is 12.3. The molecule has 0 unspecified atom stereocenters. The van der Waals surface area contributed by atoms with E-state index in [1.165, 1.54) is 5.56 Å². The van der Waals surface area contributed by atoms with Crippen LogP contribution in [0.15, 0.2) is 46.9 Å². The summed E-state index contributed by atoms with van der Waals surface area (Å²) in [4.78, 5) is 0.323. The van der Waals surface area contributed by atoms with Crippen LogP contribution in [-0.4, -0.2) is 4.99 Å². The summed E-state index contributed by atoms with van der Waals surface area (Å²) < 4.78 is 6.84. The third-order valence-corrected chi connectivity index (χ3v) is 3.87. The molecule has 0 bridgehead atoms. The van der Waals surface area contributed by atoms with Crippen LogP contribution >= 0.6 is 28.1 Å². The van der Waals surface area contributed by atoms with E-state index in [0.29, 0.717) is 10.7 Å². The van der Waals surface area contributed by atoms with Crippen LogP contribution in [0.5, 0.6) is 11.5 Å². The van der Waals surface area contributed by atoms with Crippen molar-refractivity contribution in [3.8, 4) is 11.5 Å². The first kappa shape index (κ1) is 16.0. The predicted molar refractivity (Wildman–Crippen MR) is 95.2 cm³/mol. The molecule has 4 heteroatoms. The molecule has 2 rings (SSSR count). The lowest BCUT2D eigenvalue weighted by molar-refractivity contribution is 0.480. The average molecular weight is 364 g/mol. The maximum atomic E-state index is 5.92. The molecule has 0 amide bonds. The van der Waals surface area contributed by atoms with Gasteiger partial charge in [-0.25, -0.2) is 0 Å². The number of nitrogens with two attached hydrogens (primary N) is 1. The summed E-state index contributed by atoms with van der Waals surface area (Å²) in [5, 5.41) is 0. The van der Waals surface area contributed by atoms with Gasteiger partial charge in [-0.3, -0.25) is 0 Å². The maximum absolute atomic E-state index is 5.92. The lowest BCUT2D eigenvalue weighted by atomic mass is 9.87. The van der Waals surface area contributed by atoms with Gasteiger partial charge in [0.1, 0.15) is 16.5 Å². The summed E-state index contributed by atoms with van der Waals surface area (Å²) in [6, 6.07) is 13.7. The first-order valence-electron chi connectivity index (χ1n) is 6.65. The second-order valence-electron chi connectivity index (χ2n) is 5.88. The fourth-order valence-corrected chi connectivity index (χ4v) is 2.44. The van der Waals surface area contributed by atoms with Crippen LogP contribution in [0.2, 0.25) is 0 Å².